The van der Waals surface area contributed by atoms with Crippen LogP contribution in [0.5, 0.6) is 0 Å². The Balaban J connectivity index is 0.00000484. The van der Waals surface area contributed by atoms with E-state index in [1.54, 1.807) is 0 Å². The zero-order valence-corrected chi connectivity index (χ0v) is 38.2. The van der Waals surface area contributed by atoms with E-state index in [0.717, 1.165) is 89.7 Å². The van der Waals surface area contributed by atoms with Crippen molar-refractivity contribution in [3.05, 3.63) is 224 Å². The second kappa shape index (κ2) is 16.8. The number of nitrogens with zero attached hydrogens (tertiary/aromatic N) is 5. The topological polar surface area (TPSA) is 27.5 Å². The maximum atomic E-state index is 5.01. The summed E-state index contributed by atoms with van der Waals surface area (Å²) in [7, 11) is 0. The van der Waals surface area contributed by atoms with Crippen LogP contribution < -0.4 is 14.7 Å². The molecule has 0 saturated heterocycles. The van der Waals surface area contributed by atoms with Crippen LogP contribution in [0, 0.1) is 12.1 Å². The van der Waals surface area contributed by atoms with Crippen LogP contribution in [-0.4, -0.2) is 16.2 Å². The van der Waals surface area contributed by atoms with E-state index in [2.05, 4.69) is 252 Å². The predicted octanol–water partition coefficient (Wildman–Crippen LogP) is 15.1. The molecule has 6 heteroatoms. The molecule has 2 aromatic heterocycles. The number of rotatable bonds is 8. The number of benzene rings is 8. The molecular formula is C58H45N5Pt. The Morgan fingerprint density at radius 2 is 1.12 bits per heavy atom. The monoisotopic (exact) mass is 1010 g/mol. The van der Waals surface area contributed by atoms with Crippen molar-refractivity contribution in [1.29, 1.82) is 0 Å². The fraction of sp³-hybridized carbons (Fsp3) is 0.0862. The molecule has 8 aromatic carbocycles. The molecule has 0 bridgehead atoms. The first-order valence-electron chi connectivity index (χ1n) is 21.6. The van der Waals surface area contributed by atoms with Gasteiger partial charge < -0.3 is 19.3 Å². The number of pyridine rings is 1. The molecule has 1 aliphatic heterocycles. The quantitative estimate of drug-likeness (QED) is 0.142. The zero-order chi connectivity index (χ0) is 42.5. The van der Waals surface area contributed by atoms with Crippen molar-refractivity contribution in [2.24, 2.45) is 0 Å². The molecule has 64 heavy (non-hydrogen) atoms. The largest absolute Gasteiger partial charge is 2.00 e. The van der Waals surface area contributed by atoms with Gasteiger partial charge in [0.05, 0.1) is 23.7 Å². The van der Waals surface area contributed by atoms with Gasteiger partial charge in [0, 0.05) is 28.5 Å². The summed E-state index contributed by atoms with van der Waals surface area (Å²) < 4.78 is 2.28. The van der Waals surface area contributed by atoms with E-state index in [1.807, 2.05) is 6.20 Å². The van der Waals surface area contributed by atoms with Gasteiger partial charge in [0.15, 0.2) is 0 Å². The van der Waals surface area contributed by atoms with Crippen LogP contribution >= 0.6 is 0 Å². The van der Waals surface area contributed by atoms with Crippen LogP contribution in [0.25, 0.3) is 49.9 Å². The fourth-order valence-corrected chi connectivity index (χ4v) is 9.10. The number of fused-ring (bicyclic) bond motifs is 4. The maximum absolute atomic E-state index is 5.01. The Hall–Kier alpha value is -7.20. The third kappa shape index (κ3) is 7.26. The Morgan fingerprint density at radius 3 is 1.81 bits per heavy atom. The van der Waals surface area contributed by atoms with Gasteiger partial charge in [0.2, 0.25) is 0 Å². The molecule has 1 aliphatic rings. The molecule has 0 spiro atoms. The van der Waals surface area contributed by atoms with Gasteiger partial charge in [-0.25, -0.2) is 4.98 Å². The first-order valence-corrected chi connectivity index (χ1v) is 21.6. The Kier molecular flexibility index (Phi) is 10.7. The van der Waals surface area contributed by atoms with E-state index in [1.165, 1.54) is 5.56 Å². The molecule has 0 radical (unpaired) electrons. The van der Waals surface area contributed by atoms with Crippen LogP contribution in [0.3, 0.4) is 0 Å². The van der Waals surface area contributed by atoms with Crippen molar-refractivity contribution in [3.63, 3.8) is 0 Å². The molecule has 0 aliphatic carbocycles. The Bertz CT molecular complexity index is 3210. The van der Waals surface area contributed by atoms with Gasteiger partial charge in [-0.2, -0.15) is 12.1 Å². The van der Waals surface area contributed by atoms with Crippen LogP contribution in [0.2, 0.25) is 0 Å². The molecule has 0 fully saturated rings. The number of anilines is 7. The minimum atomic E-state index is -0.0497. The minimum Gasteiger partial charge on any atom is -0.357 e. The summed E-state index contributed by atoms with van der Waals surface area (Å²) >= 11 is 0. The van der Waals surface area contributed by atoms with Crippen molar-refractivity contribution < 1.29 is 21.1 Å². The SMILES string of the molecule is CC(C)(C)c1ccnc(-n2c3[c-]c(N(c4[c-]c(N5CN(c6ccccc6)c6ccccc65)ccc4)c4c(-c5ccccc5)cccc4-c4ccccc4)ccc3c3ccccc32)c1.[Pt+2]. The number of para-hydroxylation sites is 5. The molecule has 0 saturated carbocycles. The van der Waals surface area contributed by atoms with Crippen LogP contribution in [0.4, 0.5) is 39.8 Å². The van der Waals surface area contributed by atoms with E-state index in [-0.39, 0.29) is 26.5 Å². The molecule has 5 nitrogen and oxygen atoms in total. The van der Waals surface area contributed by atoms with Crippen LogP contribution in [0.15, 0.2) is 206 Å². The zero-order valence-electron chi connectivity index (χ0n) is 35.9. The third-order valence-electron chi connectivity index (χ3n) is 12.2. The number of aromatic nitrogens is 2. The predicted molar refractivity (Wildman–Crippen MR) is 263 cm³/mol. The van der Waals surface area contributed by atoms with Gasteiger partial charge in [-0.15, -0.1) is 35.7 Å². The van der Waals surface area contributed by atoms with Gasteiger partial charge in [0.1, 0.15) is 5.82 Å². The van der Waals surface area contributed by atoms with Gasteiger partial charge in [-0.3, -0.25) is 0 Å². The van der Waals surface area contributed by atoms with Gasteiger partial charge in [-0.1, -0.05) is 171 Å². The summed E-state index contributed by atoms with van der Waals surface area (Å²) in [4.78, 5) is 12.1. The molecule has 0 N–H and O–H groups in total. The number of hydrogen-bond acceptors (Lipinski definition) is 4. The average molecular weight is 1010 g/mol. The molecule has 11 rings (SSSR count). The molecule has 0 unspecified atom stereocenters. The molecule has 312 valence electrons. The van der Waals surface area contributed by atoms with Crippen molar-refractivity contribution in [2.45, 2.75) is 26.2 Å². The second-order valence-electron chi connectivity index (χ2n) is 17.1. The van der Waals surface area contributed by atoms with E-state index in [0.29, 0.717) is 6.67 Å². The molecule has 3 heterocycles. The van der Waals surface area contributed by atoms with Gasteiger partial charge in [-0.05, 0) is 70.0 Å². The van der Waals surface area contributed by atoms with E-state index < -0.39 is 0 Å². The smallest absolute Gasteiger partial charge is 0.357 e. The van der Waals surface area contributed by atoms with Crippen LogP contribution in [0.1, 0.15) is 26.3 Å². The second-order valence-corrected chi connectivity index (χ2v) is 17.1. The third-order valence-corrected chi connectivity index (χ3v) is 12.2. The van der Waals surface area contributed by atoms with Crippen molar-refractivity contribution >= 4 is 61.6 Å². The summed E-state index contributed by atoms with van der Waals surface area (Å²) in [6, 6.07) is 79.3. The summed E-state index contributed by atoms with van der Waals surface area (Å²) in [5, 5.41) is 2.27. The molecular weight excluding hydrogens is 962 g/mol. The normalized spacial score (nSPS) is 12.4. The first kappa shape index (κ1) is 40.8. The summed E-state index contributed by atoms with van der Waals surface area (Å²) in [6.45, 7) is 7.40. The van der Waals surface area contributed by atoms with Crippen molar-refractivity contribution in [3.8, 4) is 28.1 Å². The van der Waals surface area contributed by atoms with Gasteiger partial charge >= 0.3 is 21.1 Å². The fourth-order valence-electron chi connectivity index (χ4n) is 9.10. The van der Waals surface area contributed by atoms with E-state index >= 15 is 0 Å². The summed E-state index contributed by atoms with van der Waals surface area (Å²) in [5.41, 5.74) is 14.9. The maximum Gasteiger partial charge on any atom is 2.00 e. The average Bonchev–Trinajstić information content (AvgIpc) is 3.89. The molecule has 0 atom stereocenters. The Morgan fingerprint density at radius 1 is 0.531 bits per heavy atom. The van der Waals surface area contributed by atoms with Crippen LogP contribution in [-0.2, 0) is 26.5 Å². The minimum absolute atomic E-state index is 0. The molecule has 10 aromatic rings. The molecule has 0 amide bonds. The van der Waals surface area contributed by atoms with Crippen molar-refractivity contribution in [2.75, 3.05) is 21.4 Å². The summed E-state index contributed by atoms with van der Waals surface area (Å²) in [6.07, 6.45) is 1.94. The van der Waals surface area contributed by atoms with Crippen molar-refractivity contribution in [1.82, 2.24) is 9.55 Å². The van der Waals surface area contributed by atoms with Gasteiger partial charge in [0.25, 0.3) is 0 Å². The van der Waals surface area contributed by atoms with E-state index in [9.17, 15) is 0 Å². The Labute approximate surface area is 389 Å². The number of hydrogen-bond donors (Lipinski definition) is 0. The summed E-state index contributed by atoms with van der Waals surface area (Å²) in [5.74, 6) is 0.868. The first-order chi connectivity index (χ1) is 30.9. The standard InChI is InChI=1S/C58H45N5.Pt/c1-58(2,3)43-35-36-59-56(37-43)63-52-30-14-13-27-50(52)51-34-33-47(39-55(51)63)62(57-48(41-19-7-4-8-20-41)28-18-29-49(57)42-21-9-5-10-22-42)46-26-17-25-45(38-46)61-40-60(44-23-11-6-12-24-44)53-31-15-16-32-54(53)61;/h4-37H,40H2,1-3H3;/q-2;+2. The van der Waals surface area contributed by atoms with E-state index in [4.69, 9.17) is 4.98 Å².